The van der Waals surface area contributed by atoms with Crippen LogP contribution in [-0.2, 0) is 13.0 Å². The predicted octanol–water partition coefficient (Wildman–Crippen LogP) is 3.92. The SMILES string of the molecule is CNCc1sc(CCOc2cccc(C(C)C)c2)nc1C. The third kappa shape index (κ3) is 4.55. The fraction of sp³-hybridized carbons (Fsp3) is 0.471. The quantitative estimate of drug-likeness (QED) is 0.842. The van der Waals surface area contributed by atoms with Crippen molar-refractivity contribution in [3.63, 3.8) is 0 Å². The molecule has 0 aliphatic rings. The normalized spacial score (nSPS) is 11.1. The van der Waals surface area contributed by atoms with Gasteiger partial charge in [-0.1, -0.05) is 26.0 Å². The maximum absolute atomic E-state index is 5.86. The standard InChI is InChI=1S/C17H24N2OS/c1-12(2)14-6-5-7-15(10-14)20-9-8-17-19-13(3)16(21-17)11-18-4/h5-7,10,12,18H,8-9,11H2,1-4H3. The van der Waals surface area contributed by atoms with E-state index in [2.05, 4.69) is 49.3 Å². The zero-order valence-electron chi connectivity index (χ0n) is 13.3. The van der Waals surface area contributed by atoms with Gasteiger partial charge >= 0.3 is 0 Å². The van der Waals surface area contributed by atoms with Crippen molar-refractivity contribution in [3.8, 4) is 5.75 Å². The fourth-order valence-electron chi connectivity index (χ4n) is 2.14. The Bertz CT molecular complexity index is 578. The number of aromatic nitrogens is 1. The Labute approximate surface area is 131 Å². The lowest BCUT2D eigenvalue weighted by molar-refractivity contribution is 0.321. The second kappa shape index (κ2) is 7.57. The van der Waals surface area contributed by atoms with Crippen LogP contribution < -0.4 is 10.1 Å². The summed E-state index contributed by atoms with van der Waals surface area (Å²) in [6.45, 7) is 8.02. The maximum Gasteiger partial charge on any atom is 0.119 e. The number of nitrogens with zero attached hydrogens (tertiary/aromatic N) is 1. The molecule has 0 atom stereocenters. The van der Waals surface area contributed by atoms with Gasteiger partial charge in [-0.15, -0.1) is 11.3 Å². The van der Waals surface area contributed by atoms with Gasteiger partial charge in [-0.25, -0.2) is 4.98 Å². The first-order chi connectivity index (χ1) is 10.1. The van der Waals surface area contributed by atoms with E-state index in [4.69, 9.17) is 4.74 Å². The van der Waals surface area contributed by atoms with E-state index in [1.807, 2.05) is 13.1 Å². The van der Waals surface area contributed by atoms with Crippen LogP contribution in [0.5, 0.6) is 5.75 Å². The third-order valence-corrected chi connectivity index (χ3v) is 4.60. The number of ether oxygens (including phenoxy) is 1. The van der Waals surface area contributed by atoms with Crippen LogP contribution in [0.3, 0.4) is 0 Å². The van der Waals surface area contributed by atoms with Crippen molar-refractivity contribution in [3.05, 3.63) is 45.4 Å². The van der Waals surface area contributed by atoms with E-state index in [1.54, 1.807) is 11.3 Å². The zero-order chi connectivity index (χ0) is 15.2. The molecule has 0 spiro atoms. The number of aryl methyl sites for hydroxylation is 1. The number of thiazole rings is 1. The Morgan fingerprint density at radius 2 is 2.14 bits per heavy atom. The van der Waals surface area contributed by atoms with E-state index in [1.165, 1.54) is 10.4 Å². The van der Waals surface area contributed by atoms with Crippen molar-refractivity contribution < 1.29 is 4.74 Å². The van der Waals surface area contributed by atoms with Crippen LogP contribution in [0.4, 0.5) is 0 Å². The molecule has 3 nitrogen and oxygen atoms in total. The molecule has 4 heteroatoms. The number of hydrogen-bond acceptors (Lipinski definition) is 4. The zero-order valence-corrected chi connectivity index (χ0v) is 14.1. The Hall–Kier alpha value is -1.39. The molecule has 1 aromatic heterocycles. The smallest absolute Gasteiger partial charge is 0.119 e. The summed E-state index contributed by atoms with van der Waals surface area (Å²) in [6, 6.07) is 8.35. The average Bonchev–Trinajstić information content (AvgIpc) is 2.80. The first kappa shape index (κ1) is 16.0. The predicted molar refractivity (Wildman–Crippen MR) is 89.3 cm³/mol. The first-order valence-electron chi connectivity index (χ1n) is 7.42. The third-order valence-electron chi connectivity index (χ3n) is 3.38. The second-order valence-corrected chi connectivity index (χ2v) is 6.64. The average molecular weight is 304 g/mol. The van der Waals surface area contributed by atoms with Crippen molar-refractivity contribution in [1.82, 2.24) is 10.3 Å². The van der Waals surface area contributed by atoms with Crippen LogP contribution in [-0.4, -0.2) is 18.6 Å². The summed E-state index contributed by atoms with van der Waals surface area (Å²) in [6.07, 6.45) is 0.862. The molecule has 114 valence electrons. The van der Waals surface area contributed by atoms with Gasteiger partial charge < -0.3 is 10.1 Å². The molecule has 0 amide bonds. The summed E-state index contributed by atoms with van der Waals surface area (Å²) in [7, 11) is 1.96. The Balaban J connectivity index is 1.89. The number of nitrogens with one attached hydrogen (secondary N) is 1. The van der Waals surface area contributed by atoms with Crippen LogP contribution in [0.25, 0.3) is 0 Å². The summed E-state index contributed by atoms with van der Waals surface area (Å²) in [5.74, 6) is 1.48. The van der Waals surface area contributed by atoms with Crippen molar-refractivity contribution in [2.24, 2.45) is 0 Å². The van der Waals surface area contributed by atoms with Crippen molar-refractivity contribution >= 4 is 11.3 Å². The summed E-state index contributed by atoms with van der Waals surface area (Å²) >= 11 is 1.77. The van der Waals surface area contributed by atoms with Gasteiger partial charge in [0.2, 0.25) is 0 Å². The summed E-state index contributed by atoms with van der Waals surface area (Å²) in [5.41, 5.74) is 2.44. The summed E-state index contributed by atoms with van der Waals surface area (Å²) in [4.78, 5) is 5.92. The monoisotopic (exact) mass is 304 g/mol. The Morgan fingerprint density at radius 1 is 1.33 bits per heavy atom. The van der Waals surface area contributed by atoms with Crippen molar-refractivity contribution in [2.75, 3.05) is 13.7 Å². The van der Waals surface area contributed by atoms with Gasteiger partial charge in [-0.05, 0) is 37.6 Å². The molecule has 2 aromatic rings. The lowest BCUT2D eigenvalue weighted by Crippen LogP contribution is -2.04. The van der Waals surface area contributed by atoms with Crippen LogP contribution in [0.1, 0.15) is 40.9 Å². The van der Waals surface area contributed by atoms with Gasteiger partial charge in [0.15, 0.2) is 0 Å². The highest BCUT2D eigenvalue weighted by Gasteiger charge is 2.07. The molecule has 0 saturated heterocycles. The number of hydrogen-bond donors (Lipinski definition) is 1. The molecule has 0 radical (unpaired) electrons. The van der Waals surface area contributed by atoms with Gasteiger partial charge in [0.05, 0.1) is 17.3 Å². The largest absolute Gasteiger partial charge is 0.493 e. The second-order valence-electron chi connectivity index (χ2n) is 5.47. The highest BCUT2D eigenvalue weighted by Crippen LogP contribution is 2.21. The molecular weight excluding hydrogens is 280 g/mol. The van der Waals surface area contributed by atoms with E-state index >= 15 is 0 Å². The maximum atomic E-state index is 5.86. The molecule has 0 saturated carbocycles. The molecule has 1 heterocycles. The molecule has 0 aliphatic carbocycles. The Kier molecular flexibility index (Phi) is 5.76. The lowest BCUT2D eigenvalue weighted by Gasteiger charge is -2.09. The van der Waals surface area contributed by atoms with E-state index < -0.39 is 0 Å². The van der Waals surface area contributed by atoms with Crippen LogP contribution in [0.2, 0.25) is 0 Å². The molecule has 1 N–H and O–H groups in total. The highest BCUT2D eigenvalue weighted by molar-refractivity contribution is 7.11. The van der Waals surface area contributed by atoms with Crippen molar-refractivity contribution in [2.45, 2.75) is 39.7 Å². The molecule has 0 fully saturated rings. The molecule has 2 rings (SSSR count). The highest BCUT2D eigenvalue weighted by atomic mass is 32.1. The van der Waals surface area contributed by atoms with Gasteiger partial charge in [-0.3, -0.25) is 0 Å². The van der Waals surface area contributed by atoms with E-state index in [0.717, 1.165) is 29.4 Å². The van der Waals surface area contributed by atoms with Gasteiger partial charge in [0, 0.05) is 17.8 Å². The number of rotatable bonds is 7. The van der Waals surface area contributed by atoms with E-state index in [0.29, 0.717) is 12.5 Å². The molecular formula is C17H24N2OS. The molecule has 0 aliphatic heterocycles. The summed E-state index contributed by atoms with van der Waals surface area (Å²) in [5, 5.41) is 4.33. The molecule has 0 unspecified atom stereocenters. The fourth-order valence-corrected chi connectivity index (χ4v) is 3.20. The molecule has 1 aromatic carbocycles. The van der Waals surface area contributed by atoms with Gasteiger partial charge in [0.25, 0.3) is 0 Å². The summed E-state index contributed by atoms with van der Waals surface area (Å²) < 4.78 is 5.86. The first-order valence-corrected chi connectivity index (χ1v) is 8.24. The van der Waals surface area contributed by atoms with Gasteiger partial charge in [-0.2, -0.15) is 0 Å². The minimum atomic E-state index is 0.527. The molecule has 0 bridgehead atoms. The van der Waals surface area contributed by atoms with Crippen LogP contribution in [0, 0.1) is 6.92 Å². The minimum absolute atomic E-state index is 0.527. The topological polar surface area (TPSA) is 34.1 Å². The van der Waals surface area contributed by atoms with Gasteiger partial charge in [0.1, 0.15) is 5.75 Å². The number of benzene rings is 1. The molecule has 21 heavy (non-hydrogen) atoms. The van der Waals surface area contributed by atoms with Crippen molar-refractivity contribution in [1.29, 1.82) is 0 Å². The van der Waals surface area contributed by atoms with E-state index in [9.17, 15) is 0 Å². The van der Waals surface area contributed by atoms with Crippen LogP contribution in [0.15, 0.2) is 24.3 Å². The lowest BCUT2D eigenvalue weighted by atomic mass is 10.0. The minimum Gasteiger partial charge on any atom is -0.493 e. The Morgan fingerprint density at radius 3 is 2.86 bits per heavy atom. The van der Waals surface area contributed by atoms with E-state index in [-0.39, 0.29) is 0 Å². The van der Waals surface area contributed by atoms with Crippen LogP contribution >= 0.6 is 11.3 Å².